The summed E-state index contributed by atoms with van der Waals surface area (Å²) in [7, 11) is 0. The van der Waals surface area contributed by atoms with Crippen LogP contribution in [-0.2, 0) is 13.1 Å². The van der Waals surface area contributed by atoms with Gasteiger partial charge in [0.05, 0.1) is 0 Å². The van der Waals surface area contributed by atoms with Crippen molar-refractivity contribution >= 4 is 28.5 Å². The Morgan fingerprint density at radius 2 is 1.97 bits per heavy atom. The molecule has 4 rings (SSSR count). The number of aromatic nitrogens is 1. The normalized spacial score (nSPS) is 21.8. The SMILES string of the molecule is C[C@H]1[C@H](C)CCC[C@@H]1NCc1c(C(=O)O)n(Cc2cccc(Cl)c2)c2ccccc12. The van der Waals surface area contributed by atoms with Gasteiger partial charge in [-0.15, -0.1) is 0 Å². The Balaban J connectivity index is 1.72. The van der Waals surface area contributed by atoms with E-state index >= 15 is 0 Å². The Morgan fingerprint density at radius 3 is 2.73 bits per heavy atom. The van der Waals surface area contributed by atoms with Crippen LogP contribution in [0.25, 0.3) is 10.9 Å². The second kappa shape index (κ2) is 8.83. The largest absolute Gasteiger partial charge is 0.477 e. The van der Waals surface area contributed by atoms with Crippen molar-refractivity contribution in [2.45, 2.75) is 52.2 Å². The van der Waals surface area contributed by atoms with Crippen LogP contribution in [0, 0.1) is 11.8 Å². The summed E-state index contributed by atoms with van der Waals surface area (Å²) >= 11 is 6.16. The van der Waals surface area contributed by atoms with E-state index < -0.39 is 5.97 Å². The summed E-state index contributed by atoms with van der Waals surface area (Å²) in [4.78, 5) is 12.4. The number of carboxylic acids is 1. The standard InChI is InChI=1S/C25H29ClN2O2/c1-16-7-5-11-22(17(16)2)27-14-21-20-10-3-4-12-23(20)28(24(21)25(29)30)15-18-8-6-9-19(26)13-18/h3-4,6,8-10,12-13,16-17,22,27H,5,7,11,14-15H2,1-2H3,(H,29,30)/t16-,17+,22+/m1/s1. The van der Waals surface area contributed by atoms with Crippen molar-refractivity contribution in [1.82, 2.24) is 9.88 Å². The van der Waals surface area contributed by atoms with E-state index in [1.165, 1.54) is 12.8 Å². The predicted octanol–water partition coefficient (Wildman–Crippen LogP) is 5.96. The summed E-state index contributed by atoms with van der Waals surface area (Å²) in [6, 6.07) is 16.0. The van der Waals surface area contributed by atoms with Gasteiger partial charge in [-0.3, -0.25) is 0 Å². The number of hydrogen-bond donors (Lipinski definition) is 2. The minimum atomic E-state index is -0.893. The van der Waals surface area contributed by atoms with Crippen molar-refractivity contribution in [2.75, 3.05) is 0 Å². The summed E-state index contributed by atoms with van der Waals surface area (Å²) in [6.45, 7) is 5.66. The van der Waals surface area contributed by atoms with Crippen LogP contribution in [0.3, 0.4) is 0 Å². The van der Waals surface area contributed by atoms with Crippen LogP contribution in [0.1, 0.15) is 54.7 Å². The first kappa shape index (κ1) is 21.0. The zero-order chi connectivity index (χ0) is 21.3. The molecule has 30 heavy (non-hydrogen) atoms. The summed E-state index contributed by atoms with van der Waals surface area (Å²) < 4.78 is 1.91. The molecule has 0 aliphatic heterocycles. The lowest BCUT2D eigenvalue weighted by Gasteiger charge is -2.34. The maximum absolute atomic E-state index is 12.4. The number of hydrogen-bond acceptors (Lipinski definition) is 2. The molecule has 0 radical (unpaired) electrons. The van der Waals surface area contributed by atoms with Gasteiger partial charge in [0.15, 0.2) is 0 Å². The molecule has 0 saturated heterocycles. The molecule has 1 saturated carbocycles. The van der Waals surface area contributed by atoms with E-state index in [2.05, 4.69) is 19.2 Å². The quantitative estimate of drug-likeness (QED) is 0.513. The maximum Gasteiger partial charge on any atom is 0.352 e. The van der Waals surface area contributed by atoms with Gasteiger partial charge in [-0.1, -0.05) is 68.6 Å². The average Bonchev–Trinajstić information content (AvgIpc) is 3.03. The third kappa shape index (κ3) is 4.12. The Morgan fingerprint density at radius 1 is 1.17 bits per heavy atom. The fraction of sp³-hybridized carbons (Fsp3) is 0.400. The second-order valence-electron chi connectivity index (χ2n) is 8.62. The Hall–Kier alpha value is -2.30. The van der Waals surface area contributed by atoms with E-state index in [0.29, 0.717) is 41.7 Å². The number of halogens is 1. The van der Waals surface area contributed by atoms with Crippen molar-refractivity contribution in [3.63, 3.8) is 0 Å². The minimum absolute atomic E-state index is 0.361. The van der Waals surface area contributed by atoms with Crippen LogP contribution >= 0.6 is 11.6 Å². The molecule has 5 heteroatoms. The Labute approximate surface area is 182 Å². The maximum atomic E-state index is 12.4. The molecule has 1 aromatic heterocycles. The zero-order valence-corrected chi connectivity index (χ0v) is 18.3. The number of aromatic carboxylic acids is 1. The highest BCUT2D eigenvalue weighted by molar-refractivity contribution is 6.30. The molecule has 1 heterocycles. The lowest BCUT2D eigenvalue weighted by molar-refractivity contribution is 0.0684. The van der Waals surface area contributed by atoms with Crippen LogP contribution in [0.4, 0.5) is 0 Å². The van der Waals surface area contributed by atoms with Gasteiger partial charge in [0, 0.05) is 40.6 Å². The summed E-state index contributed by atoms with van der Waals surface area (Å²) in [6.07, 6.45) is 3.65. The molecule has 158 valence electrons. The van der Waals surface area contributed by atoms with E-state index in [1.807, 2.05) is 53.1 Å². The number of fused-ring (bicyclic) bond motifs is 1. The predicted molar refractivity (Wildman–Crippen MR) is 122 cm³/mol. The number of benzene rings is 2. The van der Waals surface area contributed by atoms with Crippen molar-refractivity contribution in [1.29, 1.82) is 0 Å². The first-order valence-corrected chi connectivity index (χ1v) is 11.1. The molecule has 0 spiro atoms. The van der Waals surface area contributed by atoms with E-state index in [4.69, 9.17) is 11.6 Å². The van der Waals surface area contributed by atoms with E-state index in [1.54, 1.807) is 0 Å². The number of nitrogens with zero attached hydrogens (tertiary/aromatic N) is 1. The number of carboxylic acid groups (broad SMARTS) is 1. The molecule has 0 unspecified atom stereocenters. The summed E-state index contributed by atoms with van der Waals surface area (Å²) in [5.74, 6) is 0.390. The van der Waals surface area contributed by atoms with Gasteiger partial charge < -0.3 is 15.0 Å². The fourth-order valence-electron chi connectivity index (χ4n) is 4.88. The Kier molecular flexibility index (Phi) is 6.16. The van der Waals surface area contributed by atoms with Crippen LogP contribution < -0.4 is 5.32 Å². The van der Waals surface area contributed by atoms with E-state index in [9.17, 15) is 9.90 Å². The van der Waals surface area contributed by atoms with Crippen molar-refractivity contribution in [3.8, 4) is 0 Å². The number of nitrogens with one attached hydrogen (secondary N) is 1. The zero-order valence-electron chi connectivity index (χ0n) is 17.6. The first-order chi connectivity index (χ1) is 14.5. The molecule has 4 nitrogen and oxygen atoms in total. The molecule has 1 fully saturated rings. The lowest BCUT2D eigenvalue weighted by atomic mass is 9.78. The lowest BCUT2D eigenvalue weighted by Crippen LogP contribution is -2.40. The highest BCUT2D eigenvalue weighted by Gasteiger charge is 2.28. The highest BCUT2D eigenvalue weighted by atomic mass is 35.5. The molecule has 0 amide bonds. The topological polar surface area (TPSA) is 54.3 Å². The fourth-order valence-corrected chi connectivity index (χ4v) is 5.10. The molecule has 1 aliphatic carbocycles. The molecular formula is C25H29ClN2O2. The summed E-state index contributed by atoms with van der Waals surface area (Å²) in [5.41, 5.74) is 3.16. The van der Waals surface area contributed by atoms with Gasteiger partial charge in [0.25, 0.3) is 0 Å². The van der Waals surface area contributed by atoms with E-state index in [0.717, 1.165) is 28.5 Å². The van der Waals surface area contributed by atoms with Gasteiger partial charge >= 0.3 is 5.97 Å². The van der Waals surface area contributed by atoms with Gasteiger partial charge in [-0.25, -0.2) is 4.79 Å². The number of rotatable bonds is 6. The number of carbonyl (C=O) groups is 1. The molecule has 0 bridgehead atoms. The molecule has 3 aromatic rings. The van der Waals surface area contributed by atoms with Gasteiger partial charge in [-0.2, -0.15) is 0 Å². The first-order valence-electron chi connectivity index (χ1n) is 10.8. The van der Waals surface area contributed by atoms with Crippen LogP contribution in [0.5, 0.6) is 0 Å². The van der Waals surface area contributed by atoms with Gasteiger partial charge in [-0.05, 0) is 42.0 Å². The highest BCUT2D eigenvalue weighted by Crippen LogP contribution is 2.32. The number of para-hydroxylation sites is 1. The van der Waals surface area contributed by atoms with Crippen molar-refractivity contribution in [2.24, 2.45) is 11.8 Å². The van der Waals surface area contributed by atoms with Crippen molar-refractivity contribution in [3.05, 3.63) is 70.4 Å². The van der Waals surface area contributed by atoms with Crippen LogP contribution in [0.15, 0.2) is 48.5 Å². The molecular weight excluding hydrogens is 396 g/mol. The molecule has 3 atom stereocenters. The smallest absolute Gasteiger partial charge is 0.352 e. The third-order valence-corrected chi connectivity index (χ3v) is 6.99. The van der Waals surface area contributed by atoms with Gasteiger partial charge in [0.2, 0.25) is 0 Å². The third-order valence-electron chi connectivity index (χ3n) is 6.76. The summed E-state index contributed by atoms with van der Waals surface area (Å²) in [5, 5.41) is 15.5. The van der Waals surface area contributed by atoms with E-state index in [-0.39, 0.29) is 0 Å². The second-order valence-corrected chi connectivity index (χ2v) is 9.06. The van der Waals surface area contributed by atoms with Crippen molar-refractivity contribution < 1.29 is 9.90 Å². The van der Waals surface area contributed by atoms with Crippen LogP contribution in [-0.4, -0.2) is 21.7 Å². The monoisotopic (exact) mass is 424 g/mol. The van der Waals surface area contributed by atoms with Gasteiger partial charge in [0.1, 0.15) is 5.69 Å². The molecule has 1 aliphatic rings. The van der Waals surface area contributed by atoms with Crippen LogP contribution in [0.2, 0.25) is 5.02 Å². The average molecular weight is 425 g/mol. The molecule has 2 aromatic carbocycles. The minimum Gasteiger partial charge on any atom is -0.477 e. The molecule has 2 N–H and O–H groups in total. The Bertz CT molecular complexity index is 1060.